The molecule has 1 aliphatic heterocycles. The molecule has 0 unspecified atom stereocenters. The first-order chi connectivity index (χ1) is 12.4. The molecule has 1 fully saturated rings. The summed E-state index contributed by atoms with van der Waals surface area (Å²) in [6, 6.07) is 12.4. The van der Waals surface area contributed by atoms with Crippen LogP contribution in [0, 0.1) is 13.8 Å². The van der Waals surface area contributed by atoms with Crippen LogP contribution in [0.5, 0.6) is 5.75 Å². The molecule has 0 radical (unpaired) electrons. The molecule has 5 nitrogen and oxygen atoms in total. The van der Waals surface area contributed by atoms with E-state index in [1.807, 2.05) is 32.0 Å². The highest BCUT2D eigenvalue weighted by molar-refractivity contribution is 6.03. The second-order valence-corrected chi connectivity index (χ2v) is 6.61. The first-order valence-electron chi connectivity index (χ1n) is 8.76. The van der Waals surface area contributed by atoms with E-state index in [4.69, 9.17) is 4.74 Å². The zero-order chi connectivity index (χ0) is 18.8. The third-order valence-electron chi connectivity index (χ3n) is 5.12. The predicted octanol–water partition coefficient (Wildman–Crippen LogP) is 3.19. The molecule has 2 amide bonds. The Morgan fingerprint density at radius 1 is 1.08 bits per heavy atom. The number of nitrogens with zero attached hydrogens (tertiary/aromatic N) is 2. The van der Waals surface area contributed by atoms with Gasteiger partial charge in [-0.25, -0.2) is 0 Å². The fourth-order valence-electron chi connectivity index (χ4n) is 3.31. The van der Waals surface area contributed by atoms with Gasteiger partial charge in [0.2, 0.25) is 5.91 Å². The second kappa shape index (κ2) is 7.20. The summed E-state index contributed by atoms with van der Waals surface area (Å²) in [7, 11) is 1.59. The number of anilines is 1. The van der Waals surface area contributed by atoms with Gasteiger partial charge in [-0.1, -0.05) is 12.1 Å². The molecule has 1 atom stereocenters. The predicted molar refractivity (Wildman–Crippen MR) is 102 cm³/mol. The molecule has 3 rings (SSSR count). The number of ether oxygens (including phenoxy) is 1. The maximum absolute atomic E-state index is 12.9. The van der Waals surface area contributed by atoms with E-state index in [1.165, 1.54) is 0 Å². The van der Waals surface area contributed by atoms with Crippen molar-refractivity contribution >= 4 is 17.5 Å². The summed E-state index contributed by atoms with van der Waals surface area (Å²) < 4.78 is 5.13. The topological polar surface area (TPSA) is 49.9 Å². The van der Waals surface area contributed by atoms with Crippen molar-refractivity contribution in [3.63, 3.8) is 0 Å². The monoisotopic (exact) mass is 352 g/mol. The molecule has 2 aromatic carbocycles. The van der Waals surface area contributed by atoms with Gasteiger partial charge in [-0.15, -0.1) is 0 Å². The SMILES string of the molecule is COc1ccc(C(=O)N2CCN(c3cccc(C)c3C)C(=O)[C@@H]2C)cc1. The Morgan fingerprint density at radius 3 is 2.42 bits per heavy atom. The maximum Gasteiger partial charge on any atom is 0.254 e. The maximum atomic E-state index is 12.9. The van der Waals surface area contributed by atoms with Crippen LogP contribution >= 0.6 is 0 Å². The number of benzene rings is 2. The summed E-state index contributed by atoms with van der Waals surface area (Å²) in [5.74, 6) is 0.520. The third kappa shape index (κ3) is 3.17. The molecule has 0 aliphatic carbocycles. The highest BCUT2D eigenvalue weighted by Gasteiger charge is 2.35. The highest BCUT2D eigenvalue weighted by Crippen LogP contribution is 2.27. The number of carbonyl (C=O) groups is 2. The number of rotatable bonds is 3. The van der Waals surface area contributed by atoms with Gasteiger partial charge in [0, 0.05) is 24.3 Å². The summed E-state index contributed by atoms with van der Waals surface area (Å²) in [5.41, 5.74) is 3.74. The van der Waals surface area contributed by atoms with Gasteiger partial charge in [0.1, 0.15) is 11.8 Å². The van der Waals surface area contributed by atoms with Gasteiger partial charge in [-0.3, -0.25) is 9.59 Å². The summed E-state index contributed by atoms with van der Waals surface area (Å²) in [5, 5.41) is 0. The molecule has 2 aromatic rings. The lowest BCUT2D eigenvalue weighted by Crippen LogP contribution is -2.58. The minimum absolute atomic E-state index is 0.0492. The van der Waals surface area contributed by atoms with Crippen LogP contribution in [-0.4, -0.2) is 43.0 Å². The molecule has 0 spiro atoms. The molecule has 1 heterocycles. The number of piperazine rings is 1. The van der Waals surface area contributed by atoms with Gasteiger partial charge in [0.25, 0.3) is 5.91 Å². The standard InChI is InChI=1S/C21H24N2O3/c1-14-6-5-7-19(15(14)2)23-13-12-22(16(3)20(23)24)21(25)17-8-10-18(26-4)11-9-17/h5-11,16H,12-13H2,1-4H3/t16-/m0/s1. The van der Waals surface area contributed by atoms with Crippen molar-refractivity contribution in [1.82, 2.24) is 4.90 Å². The van der Waals surface area contributed by atoms with Crippen molar-refractivity contribution in [2.75, 3.05) is 25.1 Å². The van der Waals surface area contributed by atoms with Crippen molar-refractivity contribution < 1.29 is 14.3 Å². The van der Waals surface area contributed by atoms with Crippen LogP contribution in [0.1, 0.15) is 28.4 Å². The van der Waals surface area contributed by atoms with E-state index in [9.17, 15) is 9.59 Å². The van der Waals surface area contributed by atoms with Gasteiger partial charge < -0.3 is 14.5 Å². The van der Waals surface area contributed by atoms with E-state index in [1.54, 1.807) is 48.1 Å². The van der Waals surface area contributed by atoms with Crippen molar-refractivity contribution in [2.45, 2.75) is 26.8 Å². The molecular formula is C21H24N2O3. The van der Waals surface area contributed by atoms with Crippen molar-refractivity contribution in [2.24, 2.45) is 0 Å². The Kier molecular flexibility index (Phi) is 4.98. The van der Waals surface area contributed by atoms with Crippen LogP contribution < -0.4 is 9.64 Å². The van der Waals surface area contributed by atoms with Gasteiger partial charge in [-0.05, 0) is 62.2 Å². The number of aryl methyl sites for hydroxylation is 1. The molecule has 1 aliphatic rings. The Hall–Kier alpha value is -2.82. The van der Waals surface area contributed by atoms with Gasteiger partial charge in [-0.2, -0.15) is 0 Å². The minimum atomic E-state index is -0.502. The lowest BCUT2D eigenvalue weighted by atomic mass is 10.0. The lowest BCUT2D eigenvalue weighted by Gasteiger charge is -2.39. The van der Waals surface area contributed by atoms with Crippen molar-refractivity contribution in [3.05, 3.63) is 59.2 Å². The van der Waals surface area contributed by atoms with E-state index in [2.05, 4.69) is 0 Å². The average Bonchev–Trinajstić information content (AvgIpc) is 2.66. The largest absolute Gasteiger partial charge is 0.497 e. The molecule has 1 saturated heterocycles. The average molecular weight is 352 g/mol. The minimum Gasteiger partial charge on any atom is -0.497 e. The number of amides is 2. The highest BCUT2D eigenvalue weighted by atomic mass is 16.5. The first-order valence-corrected chi connectivity index (χ1v) is 8.76. The first kappa shape index (κ1) is 18.0. The summed E-state index contributed by atoms with van der Waals surface area (Å²) in [4.78, 5) is 29.2. The molecule has 0 bridgehead atoms. The molecule has 0 aromatic heterocycles. The Balaban J connectivity index is 1.81. The molecule has 0 N–H and O–H groups in total. The van der Waals surface area contributed by atoms with Crippen LogP contribution in [0.2, 0.25) is 0 Å². The number of methoxy groups -OCH3 is 1. The van der Waals surface area contributed by atoms with Crippen molar-refractivity contribution in [3.8, 4) is 5.75 Å². The van der Waals surface area contributed by atoms with Crippen molar-refractivity contribution in [1.29, 1.82) is 0 Å². The van der Waals surface area contributed by atoms with Crippen LogP contribution in [0.25, 0.3) is 0 Å². The van der Waals surface area contributed by atoms with Crippen LogP contribution in [0.15, 0.2) is 42.5 Å². The zero-order valence-electron chi connectivity index (χ0n) is 15.7. The van der Waals surface area contributed by atoms with E-state index >= 15 is 0 Å². The quantitative estimate of drug-likeness (QED) is 0.852. The van der Waals surface area contributed by atoms with E-state index in [0.717, 1.165) is 16.8 Å². The van der Waals surface area contributed by atoms with Crippen LogP contribution in [0.3, 0.4) is 0 Å². The van der Waals surface area contributed by atoms with Gasteiger partial charge in [0.05, 0.1) is 7.11 Å². The Morgan fingerprint density at radius 2 is 1.77 bits per heavy atom. The number of hydrogen-bond donors (Lipinski definition) is 0. The summed E-state index contributed by atoms with van der Waals surface area (Å²) >= 11 is 0. The van der Waals surface area contributed by atoms with E-state index in [-0.39, 0.29) is 11.8 Å². The lowest BCUT2D eigenvalue weighted by molar-refractivity contribution is -0.124. The van der Waals surface area contributed by atoms with Crippen LogP contribution in [0.4, 0.5) is 5.69 Å². The molecular weight excluding hydrogens is 328 g/mol. The zero-order valence-corrected chi connectivity index (χ0v) is 15.7. The van der Waals surface area contributed by atoms with E-state index < -0.39 is 6.04 Å². The second-order valence-electron chi connectivity index (χ2n) is 6.61. The number of hydrogen-bond acceptors (Lipinski definition) is 3. The Bertz CT molecular complexity index is 830. The summed E-state index contributed by atoms with van der Waals surface area (Å²) in [6.07, 6.45) is 0. The Labute approximate surface area is 154 Å². The van der Waals surface area contributed by atoms with Gasteiger partial charge in [0.15, 0.2) is 0 Å². The van der Waals surface area contributed by atoms with E-state index in [0.29, 0.717) is 24.4 Å². The molecule has 136 valence electrons. The van der Waals surface area contributed by atoms with Crippen LogP contribution in [-0.2, 0) is 4.79 Å². The normalized spacial score (nSPS) is 17.4. The molecule has 26 heavy (non-hydrogen) atoms. The fraction of sp³-hybridized carbons (Fsp3) is 0.333. The fourth-order valence-corrected chi connectivity index (χ4v) is 3.31. The molecule has 0 saturated carbocycles. The summed E-state index contributed by atoms with van der Waals surface area (Å²) in [6.45, 7) is 6.86. The smallest absolute Gasteiger partial charge is 0.254 e. The molecule has 5 heteroatoms. The van der Waals surface area contributed by atoms with Gasteiger partial charge >= 0.3 is 0 Å². The number of carbonyl (C=O) groups excluding carboxylic acids is 2. The third-order valence-corrected chi connectivity index (χ3v) is 5.12.